The number of sulfonamides is 1. The summed E-state index contributed by atoms with van der Waals surface area (Å²) >= 11 is 0. The molecule has 0 saturated carbocycles. The highest BCUT2D eigenvalue weighted by atomic mass is 32.2. The molecule has 0 atom stereocenters. The Labute approximate surface area is 100.0 Å². The molecule has 90 valence electrons. The van der Waals surface area contributed by atoms with Crippen LogP contribution in [0, 0.1) is 13.8 Å². The van der Waals surface area contributed by atoms with Crippen LogP contribution in [0.3, 0.4) is 0 Å². The summed E-state index contributed by atoms with van der Waals surface area (Å²) in [5.74, 6) is 0.212. The Morgan fingerprint density at radius 1 is 1.18 bits per heavy atom. The minimum absolute atomic E-state index is 0.212. The molecule has 0 aliphatic carbocycles. The molecule has 0 unspecified atom stereocenters. The van der Waals surface area contributed by atoms with Gasteiger partial charge < -0.3 is 4.98 Å². The molecule has 0 aliphatic heterocycles. The SMILES string of the molecule is Cc1cc(C)cc(S(=O)(=O)Nc2ncc[nH]2)c1. The van der Waals surface area contributed by atoms with Gasteiger partial charge in [0.15, 0.2) is 0 Å². The number of H-pyrrole nitrogens is 1. The first kappa shape index (κ1) is 11.7. The number of aromatic nitrogens is 2. The van der Waals surface area contributed by atoms with Crippen molar-refractivity contribution >= 4 is 16.0 Å². The fourth-order valence-electron chi connectivity index (χ4n) is 1.60. The third kappa shape index (κ3) is 2.65. The van der Waals surface area contributed by atoms with Crippen LogP contribution < -0.4 is 4.72 Å². The van der Waals surface area contributed by atoms with Gasteiger partial charge in [0.25, 0.3) is 10.0 Å². The van der Waals surface area contributed by atoms with E-state index in [9.17, 15) is 8.42 Å². The van der Waals surface area contributed by atoms with Crippen LogP contribution >= 0.6 is 0 Å². The number of hydrogen-bond acceptors (Lipinski definition) is 3. The van der Waals surface area contributed by atoms with E-state index in [1.807, 2.05) is 19.9 Å². The zero-order valence-electron chi connectivity index (χ0n) is 9.56. The molecule has 0 bridgehead atoms. The van der Waals surface area contributed by atoms with Gasteiger partial charge in [-0.2, -0.15) is 0 Å². The van der Waals surface area contributed by atoms with E-state index in [-0.39, 0.29) is 10.8 Å². The van der Waals surface area contributed by atoms with Gasteiger partial charge in [0.1, 0.15) is 0 Å². The second-order valence-corrected chi connectivity index (χ2v) is 5.55. The van der Waals surface area contributed by atoms with Crippen LogP contribution in [0.15, 0.2) is 35.5 Å². The Balaban J connectivity index is 2.38. The first-order chi connectivity index (χ1) is 7.97. The predicted molar refractivity (Wildman–Crippen MR) is 65.3 cm³/mol. The van der Waals surface area contributed by atoms with Crippen molar-refractivity contribution in [1.29, 1.82) is 0 Å². The maximum Gasteiger partial charge on any atom is 0.264 e. The van der Waals surface area contributed by atoms with Crippen LogP contribution in [0.4, 0.5) is 5.95 Å². The van der Waals surface area contributed by atoms with Gasteiger partial charge in [-0.25, -0.2) is 18.1 Å². The van der Waals surface area contributed by atoms with Gasteiger partial charge in [0, 0.05) is 12.4 Å². The smallest absolute Gasteiger partial charge is 0.264 e. The number of aryl methyl sites for hydroxylation is 2. The number of imidazole rings is 1. The molecular formula is C11H13N3O2S. The number of nitrogens with one attached hydrogen (secondary N) is 2. The van der Waals surface area contributed by atoms with E-state index in [0.717, 1.165) is 11.1 Å². The quantitative estimate of drug-likeness (QED) is 0.873. The van der Waals surface area contributed by atoms with E-state index in [1.165, 1.54) is 6.20 Å². The lowest BCUT2D eigenvalue weighted by molar-refractivity contribution is 0.600. The molecule has 2 aromatic rings. The van der Waals surface area contributed by atoms with Crippen LogP contribution in [-0.4, -0.2) is 18.4 Å². The van der Waals surface area contributed by atoms with E-state index in [1.54, 1.807) is 18.3 Å². The molecule has 5 nitrogen and oxygen atoms in total. The summed E-state index contributed by atoms with van der Waals surface area (Å²) < 4.78 is 26.4. The van der Waals surface area contributed by atoms with E-state index in [4.69, 9.17) is 0 Å². The average Bonchev–Trinajstić information content (AvgIpc) is 2.68. The van der Waals surface area contributed by atoms with Crippen LogP contribution in [0.25, 0.3) is 0 Å². The second-order valence-electron chi connectivity index (χ2n) is 3.87. The lowest BCUT2D eigenvalue weighted by Gasteiger charge is -2.07. The van der Waals surface area contributed by atoms with Crippen molar-refractivity contribution in [3.8, 4) is 0 Å². The molecule has 1 heterocycles. The molecule has 17 heavy (non-hydrogen) atoms. The molecule has 0 fully saturated rings. The summed E-state index contributed by atoms with van der Waals surface area (Å²) in [7, 11) is -3.57. The second kappa shape index (κ2) is 4.21. The van der Waals surface area contributed by atoms with Crippen molar-refractivity contribution in [2.75, 3.05) is 4.72 Å². The third-order valence-corrected chi connectivity index (χ3v) is 3.55. The Bertz CT molecular complexity index is 598. The summed E-state index contributed by atoms with van der Waals surface area (Å²) in [5.41, 5.74) is 1.81. The van der Waals surface area contributed by atoms with Crippen molar-refractivity contribution in [2.24, 2.45) is 0 Å². The molecule has 0 amide bonds. The molecule has 6 heteroatoms. The summed E-state index contributed by atoms with van der Waals surface area (Å²) in [6, 6.07) is 5.17. The van der Waals surface area contributed by atoms with E-state index in [0.29, 0.717) is 0 Å². The Morgan fingerprint density at radius 2 is 1.82 bits per heavy atom. The van der Waals surface area contributed by atoms with Crippen LogP contribution in [0.5, 0.6) is 0 Å². The number of aromatic amines is 1. The third-order valence-electron chi connectivity index (χ3n) is 2.23. The van der Waals surface area contributed by atoms with E-state index < -0.39 is 10.0 Å². The number of nitrogens with zero attached hydrogens (tertiary/aromatic N) is 1. The van der Waals surface area contributed by atoms with Gasteiger partial charge in [-0.15, -0.1) is 0 Å². The predicted octanol–water partition coefficient (Wildman–Crippen LogP) is 1.83. The maximum absolute atomic E-state index is 12.0. The van der Waals surface area contributed by atoms with Gasteiger partial charge in [-0.1, -0.05) is 6.07 Å². The van der Waals surface area contributed by atoms with Crippen molar-refractivity contribution in [3.63, 3.8) is 0 Å². The van der Waals surface area contributed by atoms with Crippen LogP contribution in [-0.2, 0) is 10.0 Å². The highest BCUT2D eigenvalue weighted by molar-refractivity contribution is 7.92. The zero-order chi connectivity index (χ0) is 12.5. The molecule has 0 saturated heterocycles. The zero-order valence-corrected chi connectivity index (χ0v) is 10.4. The largest absolute Gasteiger partial charge is 0.330 e. The monoisotopic (exact) mass is 251 g/mol. The summed E-state index contributed by atoms with van der Waals surface area (Å²) in [4.78, 5) is 6.76. The average molecular weight is 251 g/mol. The van der Waals surface area contributed by atoms with Crippen molar-refractivity contribution in [3.05, 3.63) is 41.7 Å². The van der Waals surface area contributed by atoms with Crippen molar-refractivity contribution in [2.45, 2.75) is 18.7 Å². The summed E-state index contributed by atoms with van der Waals surface area (Å²) in [6.45, 7) is 3.72. The van der Waals surface area contributed by atoms with Gasteiger partial charge in [0.05, 0.1) is 4.90 Å². The summed E-state index contributed by atoms with van der Waals surface area (Å²) in [6.07, 6.45) is 3.04. The number of hydrogen-bond donors (Lipinski definition) is 2. The standard InChI is InChI=1S/C11H13N3O2S/c1-8-5-9(2)7-10(6-8)17(15,16)14-11-12-3-4-13-11/h3-7H,1-2H3,(H2,12,13,14). The first-order valence-electron chi connectivity index (χ1n) is 5.08. The Morgan fingerprint density at radius 3 is 2.35 bits per heavy atom. The highest BCUT2D eigenvalue weighted by Gasteiger charge is 2.15. The van der Waals surface area contributed by atoms with Crippen molar-refractivity contribution in [1.82, 2.24) is 9.97 Å². The molecule has 2 N–H and O–H groups in total. The lowest BCUT2D eigenvalue weighted by Crippen LogP contribution is -2.14. The minimum Gasteiger partial charge on any atom is -0.330 e. The maximum atomic E-state index is 12.0. The van der Waals surface area contributed by atoms with Crippen molar-refractivity contribution < 1.29 is 8.42 Å². The fourth-order valence-corrected chi connectivity index (χ4v) is 2.76. The van der Waals surface area contributed by atoms with Gasteiger partial charge in [0.2, 0.25) is 5.95 Å². The fraction of sp³-hybridized carbons (Fsp3) is 0.182. The highest BCUT2D eigenvalue weighted by Crippen LogP contribution is 2.16. The molecule has 1 aromatic heterocycles. The van der Waals surface area contributed by atoms with Crippen LogP contribution in [0.2, 0.25) is 0 Å². The minimum atomic E-state index is -3.57. The molecule has 0 aliphatic rings. The number of rotatable bonds is 3. The number of anilines is 1. The molecule has 2 rings (SSSR count). The summed E-state index contributed by atoms with van der Waals surface area (Å²) in [5, 5.41) is 0. The van der Waals surface area contributed by atoms with E-state index in [2.05, 4.69) is 14.7 Å². The molecule has 0 radical (unpaired) electrons. The first-order valence-corrected chi connectivity index (χ1v) is 6.56. The Kier molecular flexibility index (Phi) is 2.89. The normalized spacial score (nSPS) is 11.4. The molecular weight excluding hydrogens is 238 g/mol. The Hall–Kier alpha value is -1.82. The van der Waals surface area contributed by atoms with E-state index >= 15 is 0 Å². The van der Waals surface area contributed by atoms with Gasteiger partial charge >= 0.3 is 0 Å². The number of benzene rings is 1. The lowest BCUT2D eigenvalue weighted by atomic mass is 10.2. The van der Waals surface area contributed by atoms with Gasteiger partial charge in [-0.05, 0) is 37.1 Å². The van der Waals surface area contributed by atoms with Gasteiger partial charge in [-0.3, -0.25) is 0 Å². The molecule has 0 spiro atoms. The molecule has 1 aromatic carbocycles. The van der Waals surface area contributed by atoms with Crippen LogP contribution in [0.1, 0.15) is 11.1 Å². The topological polar surface area (TPSA) is 74.8 Å².